The maximum atomic E-state index is 9.26. The Labute approximate surface area is 84.1 Å². The first-order valence-corrected chi connectivity index (χ1v) is 5.06. The minimum Gasteiger partial charge on any atom is -0.508 e. The molecule has 1 aliphatic rings. The predicted octanol–water partition coefficient (Wildman–Crippen LogP) is 0.844. The van der Waals surface area contributed by atoms with Gasteiger partial charge in [0.2, 0.25) is 0 Å². The summed E-state index contributed by atoms with van der Waals surface area (Å²) >= 11 is 0. The molecule has 3 N–H and O–H groups in total. The Morgan fingerprint density at radius 1 is 1.50 bits per heavy atom. The van der Waals surface area contributed by atoms with E-state index in [1.165, 1.54) is 6.42 Å². The molecule has 1 aromatic rings. The zero-order chi connectivity index (χ0) is 9.80. The van der Waals surface area contributed by atoms with Crippen LogP contribution < -0.4 is 10.6 Å². The summed E-state index contributed by atoms with van der Waals surface area (Å²) in [5.74, 6) is 0.342. The van der Waals surface area contributed by atoms with Crippen LogP contribution in [0.3, 0.4) is 0 Å². The van der Waals surface area contributed by atoms with Gasteiger partial charge in [0.25, 0.3) is 0 Å². The number of aromatic hydroxyl groups is 1. The fraction of sp³-hybridized carbons (Fsp3) is 0.455. The Balaban J connectivity index is 1.85. The van der Waals surface area contributed by atoms with E-state index in [0.29, 0.717) is 11.8 Å². The fourth-order valence-corrected chi connectivity index (χ4v) is 1.76. The van der Waals surface area contributed by atoms with Crippen LogP contribution in [0.4, 0.5) is 0 Å². The number of phenolic OH excluding ortho intramolecular Hbond substituents is 1. The molecule has 1 heterocycles. The zero-order valence-corrected chi connectivity index (χ0v) is 8.16. The molecule has 0 aromatic heterocycles. The highest BCUT2D eigenvalue weighted by molar-refractivity contribution is 5.26. The first-order valence-electron chi connectivity index (χ1n) is 5.06. The van der Waals surface area contributed by atoms with E-state index in [0.717, 1.165) is 25.2 Å². The molecule has 0 saturated carbocycles. The molecule has 0 bridgehead atoms. The van der Waals surface area contributed by atoms with E-state index in [1.54, 1.807) is 12.1 Å². The number of hydrogen-bond donors (Lipinski definition) is 3. The molecule has 1 aromatic carbocycles. The van der Waals surface area contributed by atoms with Gasteiger partial charge in [0.15, 0.2) is 0 Å². The molecule has 1 aliphatic heterocycles. The highest BCUT2D eigenvalue weighted by atomic mass is 16.3. The third kappa shape index (κ3) is 2.47. The van der Waals surface area contributed by atoms with Crippen molar-refractivity contribution in [1.29, 1.82) is 0 Å². The van der Waals surface area contributed by atoms with Crippen molar-refractivity contribution in [3.05, 3.63) is 29.8 Å². The van der Waals surface area contributed by atoms with Crippen molar-refractivity contribution in [3.63, 3.8) is 0 Å². The van der Waals surface area contributed by atoms with Crippen LogP contribution in [-0.4, -0.2) is 24.2 Å². The first kappa shape index (κ1) is 9.49. The van der Waals surface area contributed by atoms with Crippen molar-refractivity contribution in [1.82, 2.24) is 10.6 Å². The second kappa shape index (κ2) is 4.44. The molecular formula is C11H16N2O. The van der Waals surface area contributed by atoms with Gasteiger partial charge in [-0.2, -0.15) is 0 Å². The lowest BCUT2D eigenvalue weighted by atomic mass is 10.2. The number of benzene rings is 1. The highest BCUT2D eigenvalue weighted by Crippen LogP contribution is 2.11. The summed E-state index contributed by atoms with van der Waals surface area (Å²) in [5, 5.41) is 16.0. The van der Waals surface area contributed by atoms with Crippen molar-refractivity contribution in [2.45, 2.75) is 19.0 Å². The third-order valence-corrected chi connectivity index (χ3v) is 2.57. The monoisotopic (exact) mass is 192 g/mol. The summed E-state index contributed by atoms with van der Waals surface area (Å²) in [6.45, 7) is 3.00. The number of nitrogens with one attached hydrogen (secondary N) is 2. The molecule has 2 rings (SSSR count). The van der Waals surface area contributed by atoms with Crippen LogP contribution in [-0.2, 0) is 6.54 Å². The Hall–Kier alpha value is -1.06. The largest absolute Gasteiger partial charge is 0.508 e. The van der Waals surface area contributed by atoms with Gasteiger partial charge < -0.3 is 15.7 Å². The lowest BCUT2D eigenvalue weighted by Crippen LogP contribution is -2.30. The molecule has 1 unspecified atom stereocenters. The number of phenols is 1. The van der Waals surface area contributed by atoms with Gasteiger partial charge in [-0.05, 0) is 30.7 Å². The Morgan fingerprint density at radius 2 is 2.43 bits per heavy atom. The standard InChI is InChI=1S/C11H16N2O/c14-11-3-1-2-9(6-11)7-13-10-4-5-12-8-10/h1-3,6,10,12-14H,4-5,7-8H2. The topological polar surface area (TPSA) is 44.3 Å². The molecule has 1 fully saturated rings. The van der Waals surface area contributed by atoms with Crippen LogP contribution in [0.15, 0.2) is 24.3 Å². The summed E-state index contributed by atoms with van der Waals surface area (Å²) in [7, 11) is 0. The van der Waals surface area contributed by atoms with Crippen LogP contribution in [0.2, 0.25) is 0 Å². The lowest BCUT2D eigenvalue weighted by molar-refractivity contribution is 0.473. The predicted molar refractivity (Wildman–Crippen MR) is 56.2 cm³/mol. The molecule has 3 nitrogen and oxygen atoms in total. The van der Waals surface area contributed by atoms with Gasteiger partial charge in [0, 0.05) is 19.1 Å². The molecule has 0 spiro atoms. The van der Waals surface area contributed by atoms with Crippen LogP contribution in [0.25, 0.3) is 0 Å². The molecule has 1 atom stereocenters. The van der Waals surface area contributed by atoms with Crippen LogP contribution >= 0.6 is 0 Å². The van der Waals surface area contributed by atoms with Crippen molar-refractivity contribution >= 4 is 0 Å². The fourth-order valence-electron chi connectivity index (χ4n) is 1.76. The summed E-state index contributed by atoms with van der Waals surface area (Å²) in [5.41, 5.74) is 1.14. The molecule has 14 heavy (non-hydrogen) atoms. The van der Waals surface area contributed by atoms with Gasteiger partial charge in [-0.15, -0.1) is 0 Å². The lowest BCUT2D eigenvalue weighted by Gasteiger charge is -2.10. The van der Waals surface area contributed by atoms with E-state index in [9.17, 15) is 5.11 Å². The average Bonchev–Trinajstić information content (AvgIpc) is 2.67. The van der Waals surface area contributed by atoms with Crippen LogP contribution in [0, 0.1) is 0 Å². The second-order valence-electron chi connectivity index (χ2n) is 3.74. The van der Waals surface area contributed by atoms with E-state index >= 15 is 0 Å². The van der Waals surface area contributed by atoms with Crippen LogP contribution in [0.1, 0.15) is 12.0 Å². The summed E-state index contributed by atoms with van der Waals surface area (Å²) in [6, 6.07) is 7.97. The highest BCUT2D eigenvalue weighted by Gasteiger charge is 2.12. The van der Waals surface area contributed by atoms with E-state index in [2.05, 4.69) is 10.6 Å². The van der Waals surface area contributed by atoms with Gasteiger partial charge in [-0.25, -0.2) is 0 Å². The quantitative estimate of drug-likeness (QED) is 0.665. The smallest absolute Gasteiger partial charge is 0.115 e. The summed E-state index contributed by atoms with van der Waals surface area (Å²) in [4.78, 5) is 0. The van der Waals surface area contributed by atoms with E-state index in [1.807, 2.05) is 12.1 Å². The molecular weight excluding hydrogens is 176 g/mol. The first-order chi connectivity index (χ1) is 6.84. The number of rotatable bonds is 3. The van der Waals surface area contributed by atoms with Crippen molar-refractivity contribution in [2.24, 2.45) is 0 Å². The van der Waals surface area contributed by atoms with E-state index < -0.39 is 0 Å². The molecule has 76 valence electrons. The molecule has 3 heteroatoms. The van der Waals surface area contributed by atoms with E-state index in [4.69, 9.17) is 0 Å². The minimum atomic E-state index is 0.342. The Morgan fingerprint density at radius 3 is 3.14 bits per heavy atom. The molecule has 0 amide bonds. The SMILES string of the molecule is Oc1cccc(CNC2CCNC2)c1. The average molecular weight is 192 g/mol. The van der Waals surface area contributed by atoms with Crippen molar-refractivity contribution in [3.8, 4) is 5.75 Å². The molecule has 0 aliphatic carbocycles. The Bertz CT molecular complexity index is 295. The van der Waals surface area contributed by atoms with Gasteiger partial charge in [0.05, 0.1) is 0 Å². The second-order valence-corrected chi connectivity index (χ2v) is 3.74. The van der Waals surface area contributed by atoms with E-state index in [-0.39, 0.29) is 0 Å². The van der Waals surface area contributed by atoms with Gasteiger partial charge in [-0.3, -0.25) is 0 Å². The van der Waals surface area contributed by atoms with Crippen molar-refractivity contribution in [2.75, 3.05) is 13.1 Å². The van der Waals surface area contributed by atoms with Gasteiger partial charge in [0.1, 0.15) is 5.75 Å². The maximum Gasteiger partial charge on any atom is 0.115 e. The number of hydrogen-bond acceptors (Lipinski definition) is 3. The third-order valence-electron chi connectivity index (χ3n) is 2.57. The summed E-state index contributed by atoms with van der Waals surface area (Å²) < 4.78 is 0. The van der Waals surface area contributed by atoms with Gasteiger partial charge in [-0.1, -0.05) is 12.1 Å². The maximum absolute atomic E-state index is 9.26. The Kier molecular flexibility index (Phi) is 3.01. The normalized spacial score (nSPS) is 21.3. The summed E-state index contributed by atoms with van der Waals surface area (Å²) in [6.07, 6.45) is 1.19. The molecule has 0 radical (unpaired) electrons. The zero-order valence-electron chi connectivity index (χ0n) is 8.16. The molecule has 1 saturated heterocycles. The minimum absolute atomic E-state index is 0.342. The van der Waals surface area contributed by atoms with Gasteiger partial charge >= 0.3 is 0 Å². The van der Waals surface area contributed by atoms with Crippen LogP contribution in [0.5, 0.6) is 5.75 Å². The van der Waals surface area contributed by atoms with Crippen molar-refractivity contribution < 1.29 is 5.11 Å².